The van der Waals surface area contributed by atoms with Gasteiger partial charge >= 0.3 is 0 Å². The molecule has 3 aromatic rings. The fourth-order valence-corrected chi connectivity index (χ4v) is 12.3. The molecule has 0 aromatic heterocycles. The highest BCUT2D eigenvalue weighted by atomic mass is 32.2. The van der Waals surface area contributed by atoms with E-state index in [2.05, 4.69) is 19.6 Å². The van der Waals surface area contributed by atoms with Crippen molar-refractivity contribution < 1.29 is 25.3 Å². The van der Waals surface area contributed by atoms with E-state index in [1.165, 1.54) is 25.0 Å². The molecule has 7 rings (SSSR count). The van der Waals surface area contributed by atoms with E-state index < -0.39 is 46.8 Å². The fraction of sp³-hybridized carbons (Fsp3) is 0.488. The number of nitrogens with zero attached hydrogens (tertiary/aromatic N) is 3. The largest absolute Gasteiger partial charge is 0.276 e. The molecule has 0 saturated heterocycles. The van der Waals surface area contributed by atoms with Gasteiger partial charge in [-0.15, -0.1) is 0 Å². The molecule has 12 nitrogen and oxygen atoms in total. The summed E-state index contributed by atoms with van der Waals surface area (Å²) in [6.45, 7) is 5.66. The molecule has 3 aromatic carbocycles. The molecule has 0 aliphatic heterocycles. The average Bonchev–Trinajstić information content (AvgIpc) is 3.73. The molecule has 0 heterocycles. The summed E-state index contributed by atoms with van der Waals surface area (Å²) >= 11 is 0. The van der Waals surface area contributed by atoms with E-state index in [1.807, 2.05) is 20.8 Å². The van der Waals surface area contributed by atoms with Crippen LogP contribution in [0.5, 0.6) is 0 Å². The Bertz CT molecular complexity index is 2360. The summed E-state index contributed by atoms with van der Waals surface area (Å²) in [4.78, 5) is 7.86. The first-order valence-electron chi connectivity index (χ1n) is 19.6. The molecule has 4 aliphatic carbocycles. The van der Waals surface area contributed by atoms with Crippen molar-refractivity contribution in [3.05, 3.63) is 89.5 Å². The third-order valence-corrected chi connectivity index (χ3v) is 16.2. The molecule has 4 fully saturated rings. The second kappa shape index (κ2) is 15.7. The second-order valence-electron chi connectivity index (χ2n) is 16.2. The molecule has 300 valence electrons. The maximum absolute atomic E-state index is 13.6. The van der Waals surface area contributed by atoms with Gasteiger partial charge in [-0.3, -0.25) is 0 Å². The Morgan fingerprint density at radius 3 is 1.29 bits per heavy atom. The average molecular weight is 821 g/mol. The van der Waals surface area contributed by atoms with Crippen LogP contribution in [-0.4, -0.2) is 42.4 Å². The lowest BCUT2D eigenvalue weighted by Crippen LogP contribution is -2.40. The van der Waals surface area contributed by atoms with Crippen molar-refractivity contribution in [1.82, 2.24) is 14.5 Å². The summed E-state index contributed by atoms with van der Waals surface area (Å²) < 4.78 is 81.5. The van der Waals surface area contributed by atoms with Crippen molar-refractivity contribution in [1.29, 1.82) is 0 Å². The van der Waals surface area contributed by atoms with E-state index in [0.717, 1.165) is 68.1 Å². The number of hydrogen-bond acceptors (Lipinski definition) is 9. The highest BCUT2D eigenvalue weighted by Gasteiger charge is 2.74. The SMILES string of the molecule is Cc1ccc(S(=O)(=O)N/N=C2\C[C@H]3/C(=N/NS(=O)(=O)c4ccc(C)cc4)C[C@@]45CCCCCCCCCC[C@@]34[C@H]2/C(=N/NS(=O)(=O)c2ccc(C)cc2)C5)cc1. The minimum atomic E-state index is -4.05. The van der Waals surface area contributed by atoms with Crippen molar-refractivity contribution in [3.63, 3.8) is 0 Å². The molecule has 0 radical (unpaired) electrons. The molecule has 4 saturated carbocycles. The van der Waals surface area contributed by atoms with Crippen LogP contribution in [0.4, 0.5) is 0 Å². The Kier molecular flexibility index (Phi) is 11.2. The van der Waals surface area contributed by atoms with E-state index in [0.29, 0.717) is 36.4 Å². The number of aryl methyl sites for hydroxylation is 3. The molecular weight excluding hydrogens is 769 g/mol. The van der Waals surface area contributed by atoms with Gasteiger partial charge in [0.2, 0.25) is 0 Å². The number of benzene rings is 3. The first-order valence-corrected chi connectivity index (χ1v) is 24.1. The second-order valence-corrected chi connectivity index (χ2v) is 21.2. The zero-order chi connectivity index (χ0) is 39.8. The van der Waals surface area contributed by atoms with Gasteiger partial charge < -0.3 is 0 Å². The van der Waals surface area contributed by atoms with Crippen LogP contribution < -0.4 is 14.5 Å². The van der Waals surface area contributed by atoms with Crippen LogP contribution in [0.25, 0.3) is 0 Å². The molecule has 56 heavy (non-hydrogen) atoms. The lowest BCUT2D eigenvalue weighted by atomic mass is 9.59. The summed E-state index contributed by atoms with van der Waals surface area (Å²) in [5.74, 6) is -0.779. The minimum absolute atomic E-state index is 0.0723. The van der Waals surface area contributed by atoms with Gasteiger partial charge in [0, 0.05) is 29.0 Å². The number of sulfonamides is 3. The number of hydrazone groups is 3. The Hall–Kier alpha value is -4.08. The van der Waals surface area contributed by atoms with Gasteiger partial charge in [-0.05, 0) is 100 Å². The maximum atomic E-state index is 13.6. The van der Waals surface area contributed by atoms with Gasteiger partial charge in [0.25, 0.3) is 30.1 Å². The zero-order valence-corrected chi connectivity index (χ0v) is 34.7. The standard InChI is InChI=1S/C41H52N6O6S3/c1-29-12-18-32(19-13-29)54(48,49)45-42-36-26-35-37(43-46-55(50,51)33-20-14-30(2)15-21-33)27-40-24-10-8-6-4-5-7-9-11-25-41(35,40)39(36)38(28-40)44-47-56(52,53)34-22-16-31(3)17-23-34/h12-23,35,39,45-47H,4-11,24-28H2,1-3H3/b42-36+,43-37+,44-38+/t35-,39+,40+,41-/m0/s1. The molecule has 0 unspecified atom stereocenters. The van der Waals surface area contributed by atoms with E-state index in [-0.39, 0.29) is 20.6 Å². The van der Waals surface area contributed by atoms with Gasteiger partial charge in [-0.2, -0.15) is 40.6 Å². The monoisotopic (exact) mass is 820 g/mol. The summed E-state index contributed by atoms with van der Waals surface area (Å²) in [6, 6.07) is 19.7. The predicted octanol–water partition coefficient (Wildman–Crippen LogP) is 7.25. The van der Waals surface area contributed by atoms with Gasteiger partial charge in [0.1, 0.15) is 0 Å². The van der Waals surface area contributed by atoms with Crippen LogP contribution >= 0.6 is 0 Å². The van der Waals surface area contributed by atoms with Crippen molar-refractivity contribution in [2.24, 2.45) is 38.0 Å². The number of nitrogens with one attached hydrogen (secondary N) is 3. The van der Waals surface area contributed by atoms with E-state index in [9.17, 15) is 25.3 Å². The molecule has 3 N–H and O–H groups in total. The van der Waals surface area contributed by atoms with Gasteiger partial charge in [-0.1, -0.05) is 104 Å². The topological polar surface area (TPSA) is 176 Å². The highest BCUT2D eigenvalue weighted by molar-refractivity contribution is 7.90. The van der Waals surface area contributed by atoms with Crippen LogP contribution in [0.3, 0.4) is 0 Å². The Morgan fingerprint density at radius 1 is 0.482 bits per heavy atom. The highest BCUT2D eigenvalue weighted by Crippen LogP contribution is 2.74. The Labute approximate surface area is 331 Å². The van der Waals surface area contributed by atoms with Crippen molar-refractivity contribution >= 4 is 47.2 Å². The maximum Gasteiger partial charge on any atom is 0.276 e. The molecular formula is C41H52N6O6S3. The number of rotatable bonds is 9. The van der Waals surface area contributed by atoms with Crippen molar-refractivity contribution in [2.75, 3.05) is 0 Å². The van der Waals surface area contributed by atoms with Crippen LogP contribution in [0.15, 0.2) is 103 Å². The Balaban J connectivity index is 1.34. The van der Waals surface area contributed by atoms with E-state index in [4.69, 9.17) is 10.2 Å². The van der Waals surface area contributed by atoms with E-state index in [1.54, 1.807) is 60.7 Å². The zero-order valence-electron chi connectivity index (χ0n) is 32.3. The Morgan fingerprint density at radius 2 is 0.839 bits per heavy atom. The summed E-state index contributed by atoms with van der Waals surface area (Å²) in [5.41, 5.74) is 3.68. The third kappa shape index (κ3) is 7.78. The molecule has 4 atom stereocenters. The lowest BCUT2D eigenvalue weighted by Gasteiger charge is -2.43. The quantitative estimate of drug-likeness (QED) is 0.192. The lowest BCUT2D eigenvalue weighted by molar-refractivity contribution is 0.0428. The third-order valence-electron chi connectivity index (χ3n) is 12.6. The summed E-state index contributed by atoms with van der Waals surface area (Å²) in [6.07, 6.45) is 11.3. The van der Waals surface area contributed by atoms with Gasteiger partial charge in [0.05, 0.1) is 14.7 Å². The molecule has 4 aliphatic rings. The van der Waals surface area contributed by atoms with Gasteiger partial charge in [-0.25, -0.2) is 14.5 Å². The van der Waals surface area contributed by atoms with Gasteiger partial charge in [0.15, 0.2) is 0 Å². The molecule has 0 amide bonds. The van der Waals surface area contributed by atoms with Crippen molar-refractivity contribution in [3.8, 4) is 0 Å². The number of hydrogen-bond donors (Lipinski definition) is 3. The summed E-state index contributed by atoms with van der Waals surface area (Å²) in [5, 5.41) is 14.1. The molecule has 1 spiro atoms. The first kappa shape index (κ1) is 40.1. The molecule has 0 bridgehead atoms. The van der Waals surface area contributed by atoms with Crippen LogP contribution in [0, 0.1) is 43.4 Å². The van der Waals surface area contributed by atoms with Crippen LogP contribution in [0.2, 0.25) is 0 Å². The minimum Gasteiger partial charge on any atom is -0.200 e. The smallest absolute Gasteiger partial charge is 0.200 e. The first-order chi connectivity index (χ1) is 26.7. The van der Waals surface area contributed by atoms with Crippen LogP contribution in [-0.2, 0) is 30.1 Å². The van der Waals surface area contributed by atoms with Crippen LogP contribution in [0.1, 0.15) is 100 Å². The normalized spacial score (nSPS) is 28.0. The van der Waals surface area contributed by atoms with Crippen molar-refractivity contribution in [2.45, 2.75) is 119 Å². The molecule has 15 heteroatoms. The predicted molar refractivity (Wildman–Crippen MR) is 219 cm³/mol. The fourth-order valence-electron chi connectivity index (χ4n) is 9.83. The summed E-state index contributed by atoms with van der Waals surface area (Å²) in [7, 11) is -12.1. The van der Waals surface area contributed by atoms with E-state index >= 15 is 0 Å².